The van der Waals surface area contributed by atoms with E-state index in [9.17, 15) is 17.7 Å². The molecule has 0 aromatic heterocycles. The van der Waals surface area contributed by atoms with Gasteiger partial charge in [0.25, 0.3) is 0 Å². The second kappa shape index (κ2) is 5.45. The van der Waals surface area contributed by atoms with Crippen LogP contribution in [0.25, 0.3) is 0 Å². The number of alkyl halides is 3. The van der Waals surface area contributed by atoms with E-state index in [1.165, 1.54) is 6.92 Å². The lowest BCUT2D eigenvalue weighted by Crippen LogP contribution is -2.44. The Bertz CT molecular complexity index is 738. The quantitative estimate of drug-likeness (QED) is 0.677. The summed E-state index contributed by atoms with van der Waals surface area (Å²) in [5.74, 6) is 0. The number of hydrogen-bond acceptors (Lipinski definition) is 3. The molecular weight excluding hydrogens is 338 g/mol. The summed E-state index contributed by atoms with van der Waals surface area (Å²) in [6.07, 6.45) is -4.70. The Hall–Kier alpha value is -1.62. The van der Waals surface area contributed by atoms with Crippen LogP contribution in [0.15, 0.2) is 60.7 Å². The van der Waals surface area contributed by atoms with Crippen molar-refractivity contribution in [2.24, 2.45) is 0 Å². The first kappa shape index (κ1) is 17.2. The molecule has 1 aliphatic heterocycles. The SMILES string of the molecule is CO[C@]1(C(F)(F)F)N[C@@]1(C)P(=O)(c1ccccc1)c1ccccc1. The number of rotatable bonds is 4. The molecule has 1 heterocycles. The molecule has 24 heavy (non-hydrogen) atoms. The first-order chi connectivity index (χ1) is 11.2. The minimum Gasteiger partial charge on any atom is -0.353 e. The van der Waals surface area contributed by atoms with E-state index >= 15 is 0 Å². The van der Waals surface area contributed by atoms with Gasteiger partial charge in [0, 0.05) is 17.7 Å². The Morgan fingerprint density at radius 1 is 0.958 bits per heavy atom. The second-order valence-corrected chi connectivity index (χ2v) is 9.01. The Labute approximate surface area is 138 Å². The summed E-state index contributed by atoms with van der Waals surface area (Å²) < 4.78 is 59.8. The van der Waals surface area contributed by atoms with E-state index in [1.54, 1.807) is 60.7 Å². The van der Waals surface area contributed by atoms with Crippen LogP contribution in [-0.2, 0) is 9.30 Å². The first-order valence-corrected chi connectivity index (χ1v) is 9.06. The van der Waals surface area contributed by atoms with Crippen molar-refractivity contribution in [1.29, 1.82) is 0 Å². The normalized spacial score (nSPS) is 27.0. The molecule has 0 unspecified atom stereocenters. The van der Waals surface area contributed by atoms with Gasteiger partial charge >= 0.3 is 6.18 Å². The van der Waals surface area contributed by atoms with Gasteiger partial charge in [-0.1, -0.05) is 60.7 Å². The van der Waals surface area contributed by atoms with Crippen LogP contribution in [0.4, 0.5) is 13.2 Å². The molecule has 1 saturated heterocycles. The number of nitrogens with one attached hydrogen (secondary N) is 1. The van der Waals surface area contributed by atoms with Crippen LogP contribution in [0, 0.1) is 0 Å². The Kier molecular flexibility index (Phi) is 3.91. The zero-order chi connectivity index (χ0) is 17.6. The lowest BCUT2D eigenvalue weighted by atomic mass is 10.2. The maximum Gasteiger partial charge on any atom is 0.433 e. The predicted molar refractivity (Wildman–Crippen MR) is 87.1 cm³/mol. The fourth-order valence-electron chi connectivity index (χ4n) is 3.27. The molecule has 0 spiro atoms. The fraction of sp³-hybridized carbons (Fsp3) is 0.294. The highest BCUT2D eigenvalue weighted by Gasteiger charge is 2.85. The highest BCUT2D eigenvalue weighted by Crippen LogP contribution is 2.70. The van der Waals surface area contributed by atoms with Crippen molar-refractivity contribution in [3.05, 3.63) is 60.7 Å². The summed E-state index contributed by atoms with van der Waals surface area (Å²) in [5, 5.41) is 1.31. The summed E-state index contributed by atoms with van der Waals surface area (Å²) in [7, 11) is -2.71. The average molecular weight is 355 g/mol. The predicted octanol–water partition coefficient (Wildman–Crippen LogP) is 3.22. The molecule has 1 fully saturated rings. The van der Waals surface area contributed by atoms with Crippen molar-refractivity contribution in [3.8, 4) is 0 Å². The van der Waals surface area contributed by atoms with Crippen LogP contribution in [0.3, 0.4) is 0 Å². The van der Waals surface area contributed by atoms with Crippen LogP contribution < -0.4 is 15.9 Å². The summed E-state index contributed by atoms with van der Waals surface area (Å²) in [6, 6.07) is 16.5. The van der Waals surface area contributed by atoms with Crippen molar-refractivity contribution in [1.82, 2.24) is 5.32 Å². The second-order valence-electron chi connectivity index (χ2n) is 5.86. The maximum absolute atomic E-state index is 14.1. The van der Waals surface area contributed by atoms with Crippen molar-refractivity contribution >= 4 is 17.8 Å². The van der Waals surface area contributed by atoms with Crippen molar-refractivity contribution in [3.63, 3.8) is 0 Å². The highest BCUT2D eigenvalue weighted by molar-refractivity contribution is 7.80. The van der Waals surface area contributed by atoms with Gasteiger partial charge in [-0.3, -0.25) is 5.32 Å². The van der Waals surface area contributed by atoms with Gasteiger partial charge in [0.1, 0.15) is 5.28 Å². The highest BCUT2D eigenvalue weighted by atomic mass is 31.2. The van der Waals surface area contributed by atoms with Gasteiger partial charge in [0.2, 0.25) is 5.72 Å². The van der Waals surface area contributed by atoms with E-state index < -0.39 is 24.3 Å². The summed E-state index contributed by atoms with van der Waals surface area (Å²) >= 11 is 0. The molecule has 2 aromatic carbocycles. The summed E-state index contributed by atoms with van der Waals surface area (Å²) in [5.41, 5.74) is -2.64. The first-order valence-electron chi connectivity index (χ1n) is 7.35. The Morgan fingerprint density at radius 3 is 1.67 bits per heavy atom. The Balaban J connectivity index is 2.24. The number of halogens is 3. The van der Waals surface area contributed by atoms with Crippen LogP contribution in [-0.4, -0.2) is 24.3 Å². The van der Waals surface area contributed by atoms with Crippen molar-refractivity contribution in [2.75, 3.05) is 7.11 Å². The van der Waals surface area contributed by atoms with E-state index in [4.69, 9.17) is 4.74 Å². The zero-order valence-electron chi connectivity index (χ0n) is 13.2. The average Bonchev–Trinajstić information content (AvgIpc) is 3.24. The number of methoxy groups -OCH3 is 1. The van der Waals surface area contributed by atoms with Crippen molar-refractivity contribution in [2.45, 2.75) is 24.1 Å². The van der Waals surface area contributed by atoms with Crippen molar-refractivity contribution < 1.29 is 22.5 Å². The molecule has 3 rings (SSSR count). The molecule has 128 valence electrons. The van der Waals surface area contributed by atoms with Gasteiger partial charge in [-0.25, -0.2) is 0 Å². The molecule has 7 heteroatoms. The molecule has 2 aromatic rings. The van der Waals surface area contributed by atoms with Crippen LogP contribution in [0.5, 0.6) is 0 Å². The van der Waals surface area contributed by atoms with Crippen LogP contribution in [0.1, 0.15) is 6.92 Å². The van der Waals surface area contributed by atoms with E-state index in [1.807, 2.05) is 0 Å². The summed E-state index contributed by atoms with van der Waals surface area (Å²) in [6.45, 7) is 1.31. The van der Waals surface area contributed by atoms with Gasteiger partial charge in [-0.05, 0) is 6.92 Å². The molecule has 0 bridgehead atoms. The van der Waals surface area contributed by atoms with Crippen LogP contribution in [0.2, 0.25) is 0 Å². The topological polar surface area (TPSA) is 48.2 Å². The molecule has 0 saturated carbocycles. The number of ether oxygens (including phenoxy) is 1. The minimum absolute atomic E-state index is 0.356. The largest absolute Gasteiger partial charge is 0.433 e. The third kappa shape index (κ3) is 2.10. The van der Waals surface area contributed by atoms with E-state index in [-0.39, 0.29) is 0 Å². The monoisotopic (exact) mass is 355 g/mol. The van der Waals surface area contributed by atoms with E-state index in [0.29, 0.717) is 10.6 Å². The van der Waals surface area contributed by atoms with Gasteiger partial charge in [-0.2, -0.15) is 13.2 Å². The van der Waals surface area contributed by atoms with Gasteiger partial charge < -0.3 is 9.30 Å². The molecular formula is C17H17F3NO2P. The number of hydrogen-bond donors (Lipinski definition) is 1. The minimum atomic E-state index is -4.70. The Morgan fingerprint density at radius 2 is 1.38 bits per heavy atom. The van der Waals surface area contributed by atoms with E-state index in [2.05, 4.69) is 5.32 Å². The molecule has 0 aliphatic carbocycles. The molecule has 0 radical (unpaired) electrons. The molecule has 1 N–H and O–H groups in total. The molecule has 0 amide bonds. The lowest BCUT2D eigenvalue weighted by Gasteiger charge is -2.29. The van der Waals surface area contributed by atoms with Gasteiger partial charge in [-0.15, -0.1) is 0 Å². The van der Waals surface area contributed by atoms with Crippen LogP contribution >= 0.6 is 7.14 Å². The van der Waals surface area contributed by atoms with E-state index in [0.717, 1.165) is 7.11 Å². The zero-order valence-corrected chi connectivity index (χ0v) is 14.1. The number of benzene rings is 2. The lowest BCUT2D eigenvalue weighted by molar-refractivity contribution is -0.234. The standard InChI is InChI=1S/C17H17F3NO2P/c1-15(16(21-15,23-2)17(18,19)20)24(22,13-9-5-3-6-10-13)14-11-7-4-8-12-14/h3-12,21H,1-2H3/t15-,16+/m0/s1. The molecule has 2 atom stereocenters. The third-order valence-corrected chi connectivity index (χ3v) is 8.35. The smallest absolute Gasteiger partial charge is 0.353 e. The third-order valence-electron chi connectivity index (χ3n) is 4.62. The fourth-order valence-corrected chi connectivity index (χ4v) is 6.76. The molecule has 3 nitrogen and oxygen atoms in total. The molecule has 1 aliphatic rings. The van der Waals surface area contributed by atoms with Gasteiger partial charge in [0.05, 0.1) is 0 Å². The van der Waals surface area contributed by atoms with Gasteiger partial charge in [0.15, 0.2) is 7.14 Å². The maximum atomic E-state index is 14.1. The summed E-state index contributed by atoms with van der Waals surface area (Å²) in [4.78, 5) is 0.